The lowest BCUT2D eigenvalue weighted by Gasteiger charge is -2.15. The molecule has 9 nitrogen and oxygen atoms in total. The Morgan fingerprint density at radius 2 is 1.74 bits per heavy atom. The Labute approximate surface area is 216 Å². The Morgan fingerprint density at radius 1 is 0.947 bits per heavy atom. The molecule has 196 valence electrons. The zero-order chi connectivity index (χ0) is 27.3. The molecule has 0 bridgehead atoms. The van der Waals surface area contributed by atoms with Crippen LogP contribution in [0.3, 0.4) is 0 Å². The quantitative estimate of drug-likeness (QED) is 0.258. The van der Waals surface area contributed by atoms with Crippen molar-refractivity contribution in [2.75, 3.05) is 30.1 Å². The van der Waals surface area contributed by atoms with E-state index in [1.807, 2.05) is 6.07 Å². The summed E-state index contributed by atoms with van der Waals surface area (Å²) in [6, 6.07) is 12.3. The predicted octanol–water partition coefficient (Wildman–Crippen LogP) is 6.35. The van der Waals surface area contributed by atoms with Crippen molar-refractivity contribution >= 4 is 23.4 Å². The molecule has 0 radical (unpaired) electrons. The van der Waals surface area contributed by atoms with E-state index in [1.165, 1.54) is 7.11 Å². The maximum Gasteiger partial charge on any atom is 0.416 e. The molecule has 0 unspecified atom stereocenters. The number of hydrogen-bond acceptors (Lipinski definition) is 7. The molecule has 2 amide bonds. The van der Waals surface area contributed by atoms with Gasteiger partial charge in [0.15, 0.2) is 0 Å². The van der Waals surface area contributed by atoms with Gasteiger partial charge in [-0.2, -0.15) is 13.2 Å². The van der Waals surface area contributed by atoms with Crippen LogP contribution in [-0.2, 0) is 6.18 Å². The number of carbonyl (C=O) groups is 1. The summed E-state index contributed by atoms with van der Waals surface area (Å²) in [5, 5.41) is 7.89. The van der Waals surface area contributed by atoms with Gasteiger partial charge in [-0.1, -0.05) is 0 Å². The lowest BCUT2D eigenvalue weighted by Crippen LogP contribution is -2.20. The molecule has 0 aliphatic carbocycles. The molecule has 0 atom stereocenters. The number of carbonyl (C=O) groups excluding carboxylic acids is 1. The maximum atomic E-state index is 13.1. The second-order valence-electron chi connectivity index (χ2n) is 7.95. The Bertz CT molecular complexity index is 1460. The Hall–Kier alpha value is -4.87. The standard InChI is InChI=1S/C26H23F3N6O3/c1-15-13-17(33-25(36)35-20-14-16(26(27,28)29)6-8-22(20)37-3)7-9-21(15)38-23-18(5-4-11-31-23)19-10-12-32-24(30-2)34-19/h4-14H,1-3H3,(H,30,32,34)(H2,33,35,36). The average molecular weight is 525 g/mol. The first-order valence-corrected chi connectivity index (χ1v) is 11.3. The minimum absolute atomic E-state index is 0.0877. The van der Waals surface area contributed by atoms with Gasteiger partial charge in [-0.05, 0) is 67.1 Å². The van der Waals surface area contributed by atoms with Gasteiger partial charge in [0, 0.05) is 25.1 Å². The highest BCUT2D eigenvalue weighted by Crippen LogP contribution is 2.35. The maximum absolute atomic E-state index is 13.1. The molecule has 4 aromatic rings. The first-order chi connectivity index (χ1) is 18.2. The summed E-state index contributed by atoms with van der Waals surface area (Å²) in [5.41, 5.74) is 1.31. The third-order valence-electron chi connectivity index (χ3n) is 5.34. The SMILES string of the molecule is CNc1nccc(-c2cccnc2Oc2ccc(NC(=O)Nc3cc(C(F)(F)F)ccc3OC)cc2C)n1. The van der Waals surface area contributed by atoms with Crippen LogP contribution in [0, 0.1) is 6.92 Å². The lowest BCUT2D eigenvalue weighted by molar-refractivity contribution is -0.137. The molecule has 0 fully saturated rings. The van der Waals surface area contributed by atoms with E-state index in [2.05, 4.69) is 30.9 Å². The molecule has 0 aliphatic heterocycles. The smallest absolute Gasteiger partial charge is 0.416 e. The third kappa shape index (κ3) is 6.09. The summed E-state index contributed by atoms with van der Waals surface area (Å²) in [5.74, 6) is 1.35. The van der Waals surface area contributed by atoms with Crippen molar-refractivity contribution in [2.45, 2.75) is 13.1 Å². The topological polar surface area (TPSA) is 110 Å². The molecular weight excluding hydrogens is 501 g/mol. The van der Waals surface area contributed by atoms with E-state index in [9.17, 15) is 18.0 Å². The summed E-state index contributed by atoms with van der Waals surface area (Å²) in [6.07, 6.45) is -1.35. The van der Waals surface area contributed by atoms with Gasteiger partial charge in [0.05, 0.1) is 29.6 Å². The zero-order valence-corrected chi connectivity index (χ0v) is 20.6. The van der Waals surface area contributed by atoms with E-state index >= 15 is 0 Å². The number of amides is 2. The molecule has 12 heteroatoms. The van der Waals surface area contributed by atoms with E-state index in [0.717, 1.165) is 18.2 Å². The highest BCUT2D eigenvalue weighted by Gasteiger charge is 2.31. The van der Waals surface area contributed by atoms with Gasteiger partial charge >= 0.3 is 12.2 Å². The molecule has 3 N–H and O–H groups in total. The second-order valence-corrected chi connectivity index (χ2v) is 7.95. The van der Waals surface area contributed by atoms with Crippen molar-refractivity contribution in [1.29, 1.82) is 0 Å². The molecule has 0 saturated heterocycles. The number of benzene rings is 2. The van der Waals surface area contributed by atoms with Crippen molar-refractivity contribution in [2.24, 2.45) is 0 Å². The van der Waals surface area contributed by atoms with Crippen LogP contribution in [0.25, 0.3) is 11.3 Å². The van der Waals surface area contributed by atoms with Crippen LogP contribution >= 0.6 is 0 Å². The number of aryl methyl sites for hydroxylation is 1. The molecule has 0 aliphatic rings. The number of aromatic nitrogens is 3. The number of anilines is 3. The number of urea groups is 1. The van der Waals surface area contributed by atoms with Gasteiger partial charge in [0.2, 0.25) is 11.8 Å². The molecule has 2 aromatic carbocycles. The molecule has 38 heavy (non-hydrogen) atoms. The van der Waals surface area contributed by atoms with E-state index in [1.54, 1.807) is 56.7 Å². The molecule has 0 saturated carbocycles. The predicted molar refractivity (Wildman–Crippen MR) is 137 cm³/mol. The number of methoxy groups -OCH3 is 1. The minimum Gasteiger partial charge on any atom is -0.495 e. The van der Waals surface area contributed by atoms with Crippen LogP contribution in [0.4, 0.5) is 35.3 Å². The number of nitrogens with one attached hydrogen (secondary N) is 3. The first kappa shape index (κ1) is 26.2. The van der Waals surface area contributed by atoms with E-state index < -0.39 is 17.8 Å². The van der Waals surface area contributed by atoms with Crippen molar-refractivity contribution in [1.82, 2.24) is 15.0 Å². The largest absolute Gasteiger partial charge is 0.495 e. The number of hydrogen-bond donors (Lipinski definition) is 3. The Kier molecular flexibility index (Phi) is 7.61. The highest BCUT2D eigenvalue weighted by molar-refractivity contribution is 6.00. The normalized spacial score (nSPS) is 11.0. The van der Waals surface area contributed by atoms with Crippen LogP contribution in [0.5, 0.6) is 17.4 Å². The summed E-state index contributed by atoms with van der Waals surface area (Å²) < 4.78 is 50.4. The van der Waals surface area contributed by atoms with Crippen molar-refractivity contribution in [3.8, 4) is 28.6 Å². The van der Waals surface area contributed by atoms with Crippen LogP contribution in [-0.4, -0.2) is 35.1 Å². The number of halogens is 3. The fourth-order valence-corrected chi connectivity index (χ4v) is 3.51. The van der Waals surface area contributed by atoms with Crippen LogP contribution in [0.2, 0.25) is 0 Å². The number of pyridine rings is 1. The van der Waals surface area contributed by atoms with Crippen molar-refractivity contribution in [3.63, 3.8) is 0 Å². The van der Waals surface area contributed by atoms with Gasteiger partial charge in [-0.15, -0.1) is 0 Å². The number of rotatable bonds is 7. The molecule has 2 heterocycles. The monoisotopic (exact) mass is 524 g/mol. The Morgan fingerprint density at radius 3 is 2.45 bits per heavy atom. The van der Waals surface area contributed by atoms with E-state index in [-0.39, 0.29) is 11.4 Å². The fraction of sp³-hybridized carbons (Fsp3) is 0.154. The van der Waals surface area contributed by atoms with Gasteiger partial charge in [0.25, 0.3) is 0 Å². The summed E-state index contributed by atoms with van der Waals surface area (Å²) in [6.45, 7) is 1.78. The van der Waals surface area contributed by atoms with Gasteiger partial charge in [-0.3, -0.25) is 0 Å². The second kappa shape index (κ2) is 11.0. The van der Waals surface area contributed by atoms with Gasteiger partial charge in [0.1, 0.15) is 11.5 Å². The van der Waals surface area contributed by atoms with Crippen LogP contribution in [0.1, 0.15) is 11.1 Å². The summed E-state index contributed by atoms with van der Waals surface area (Å²) >= 11 is 0. The third-order valence-corrected chi connectivity index (χ3v) is 5.34. The van der Waals surface area contributed by atoms with Gasteiger partial charge in [-0.25, -0.2) is 19.7 Å². The highest BCUT2D eigenvalue weighted by atomic mass is 19.4. The molecule has 4 rings (SSSR count). The van der Waals surface area contributed by atoms with Crippen LogP contribution < -0.4 is 25.4 Å². The summed E-state index contributed by atoms with van der Waals surface area (Å²) in [4.78, 5) is 25.4. The van der Waals surface area contributed by atoms with E-state index in [4.69, 9.17) is 9.47 Å². The number of ether oxygens (including phenoxy) is 2. The zero-order valence-electron chi connectivity index (χ0n) is 20.6. The first-order valence-electron chi connectivity index (χ1n) is 11.3. The van der Waals surface area contributed by atoms with Crippen molar-refractivity contribution in [3.05, 3.63) is 78.1 Å². The number of nitrogens with zero attached hydrogens (tertiary/aromatic N) is 3. The fourth-order valence-electron chi connectivity index (χ4n) is 3.51. The van der Waals surface area contributed by atoms with Crippen LogP contribution in [0.15, 0.2) is 67.0 Å². The summed E-state index contributed by atoms with van der Waals surface area (Å²) in [7, 11) is 3.01. The molecular formula is C26H23F3N6O3. The Balaban J connectivity index is 1.50. The average Bonchev–Trinajstić information content (AvgIpc) is 2.90. The lowest BCUT2D eigenvalue weighted by atomic mass is 10.1. The number of alkyl halides is 3. The molecule has 0 spiro atoms. The molecule has 2 aromatic heterocycles. The van der Waals surface area contributed by atoms with Gasteiger partial charge < -0.3 is 25.4 Å². The van der Waals surface area contributed by atoms with E-state index in [0.29, 0.717) is 40.1 Å². The minimum atomic E-state index is -4.57. The van der Waals surface area contributed by atoms with Crippen molar-refractivity contribution < 1.29 is 27.4 Å².